The zero-order valence-electron chi connectivity index (χ0n) is 25.4. The van der Waals surface area contributed by atoms with Crippen LogP contribution in [0.25, 0.3) is 0 Å². The Balaban J connectivity index is 1.33. The monoisotopic (exact) mass is 726 g/mol. The Morgan fingerprint density at radius 3 is 0.938 bits per heavy atom. The van der Waals surface area contributed by atoms with Crippen molar-refractivity contribution in [1.82, 2.24) is 0 Å². The summed E-state index contributed by atoms with van der Waals surface area (Å²) >= 11 is 0. The van der Waals surface area contributed by atoms with Gasteiger partial charge in [0.1, 0.15) is 0 Å². The predicted octanol–water partition coefficient (Wildman–Crippen LogP) is 5.51. The van der Waals surface area contributed by atoms with Gasteiger partial charge in [-0.3, -0.25) is 18.9 Å². The fourth-order valence-corrected chi connectivity index (χ4v) is 8.83. The van der Waals surface area contributed by atoms with E-state index in [1.807, 2.05) is 13.8 Å². The summed E-state index contributed by atoms with van der Waals surface area (Å²) in [6.45, 7) is 3.71. The molecule has 0 saturated heterocycles. The van der Waals surface area contributed by atoms with Crippen molar-refractivity contribution < 1.29 is 33.7 Å². The molecule has 0 fully saturated rings. The number of sulfonamides is 4. The standard InChI is InChI=1S/C32H30N4O8S4/c1-23-12-16-25(17-13-23)33-45(37,38)29-8-3-6-27(20-29)35-47(41,42)31-10-5-11-32(22-31)48(43,44)36-28-7-4-9-30(21-28)46(39,40)34-26-18-14-24(2)15-19-26/h3-22,33-36H,1-2H3. The van der Waals surface area contributed by atoms with Gasteiger partial charge in [0.25, 0.3) is 40.1 Å². The van der Waals surface area contributed by atoms with E-state index in [-0.39, 0.29) is 21.2 Å². The third kappa shape index (κ3) is 8.32. The van der Waals surface area contributed by atoms with Crippen molar-refractivity contribution in [3.05, 3.63) is 132 Å². The van der Waals surface area contributed by atoms with Crippen LogP contribution in [0.15, 0.2) is 141 Å². The Hall–Kier alpha value is -4.90. The van der Waals surface area contributed by atoms with Crippen LogP contribution in [-0.4, -0.2) is 33.7 Å². The zero-order chi connectivity index (χ0) is 34.7. The molecule has 0 bridgehead atoms. The van der Waals surface area contributed by atoms with Crippen molar-refractivity contribution in [3.8, 4) is 0 Å². The lowest BCUT2D eigenvalue weighted by atomic mass is 10.2. The molecule has 5 rings (SSSR count). The first-order valence-corrected chi connectivity index (χ1v) is 20.0. The third-order valence-electron chi connectivity index (χ3n) is 6.83. The summed E-state index contributed by atoms with van der Waals surface area (Å²) in [7, 11) is -16.9. The first kappa shape index (κ1) is 34.4. The maximum absolute atomic E-state index is 13.3. The van der Waals surface area contributed by atoms with Gasteiger partial charge in [-0.15, -0.1) is 0 Å². The summed E-state index contributed by atoms with van der Waals surface area (Å²) < 4.78 is 114. The van der Waals surface area contributed by atoms with E-state index >= 15 is 0 Å². The fraction of sp³-hybridized carbons (Fsp3) is 0.0625. The van der Waals surface area contributed by atoms with Crippen LogP contribution in [-0.2, 0) is 40.1 Å². The summed E-state index contributed by atoms with van der Waals surface area (Å²) in [5, 5.41) is 0. The van der Waals surface area contributed by atoms with Gasteiger partial charge in [-0.25, -0.2) is 33.7 Å². The molecule has 0 saturated carbocycles. The van der Waals surface area contributed by atoms with Crippen LogP contribution in [0.5, 0.6) is 0 Å². The van der Waals surface area contributed by atoms with Crippen molar-refractivity contribution in [3.63, 3.8) is 0 Å². The van der Waals surface area contributed by atoms with Crippen LogP contribution in [0.3, 0.4) is 0 Å². The lowest BCUT2D eigenvalue weighted by Gasteiger charge is -2.13. The van der Waals surface area contributed by atoms with E-state index in [4.69, 9.17) is 0 Å². The number of hydrogen-bond donors (Lipinski definition) is 4. The van der Waals surface area contributed by atoms with Crippen molar-refractivity contribution in [2.45, 2.75) is 33.4 Å². The highest BCUT2D eigenvalue weighted by atomic mass is 32.2. The van der Waals surface area contributed by atoms with Gasteiger partial charge in [0, 0.05) is 11.4 Å². The molecule has 0 aliphatic carbocycles. The second-order valence-corrected chi connectivity index (χ2v) is 17.4. The Labute approximate surface area is 280 Å². The molecule has 0 heterocycles. The molecule has 0 radical (unpaired) electrons. The van der Waals surface area contributed by atoms with Gasteiger partial charge < -0.3 is 0 Å². The molecule has 0 amide bonds. The number of rotatable bonds is 12. The second-order valence-electron chi connectivity index (χ2n) is 10.7. The summed E-state index contributed by atoms with van der Waals surface area (Å²) in [6, 6.07) is 28.1. The molecule has 0 aliphatic rings. The van der Waals surface area contributed by atoms with Gasteiger partial charge in [0.15, 0.2) is 0 Å². The van der Waals surface area contributed by atoms with Gasteiger partial charge in [0.2, 0.25) is 0 Å². The molecule has 250 valence electrons. The average Bonchev–Trinajstić information content (AvgIpc) is 3.03. The van der Waals surface area contributed by atoms with E-state index in [2.05, 4.69) is 18.9 Å². The van der Waals surface area contributed by atoms with E-state index in [1.54, 1.807) is 48.5 Å². The number of anilines is 4. The number of benzene rings is 5. The lowest BCUT2D eigenvalue weighted by molar-refractivity contribution is 0.596. The Morgan fingerprint density at radius 2 is 0.604 bits per heavy atom. The van der Waals surface area contributed by atoms with Crippen LogP contribution in [0.4, 0.5) is 22.7 Å². The zero-order valence-corrected chi connectivity index (χ0v) is 28.7. The molecule has 5 aromatic carbocycles. The number of hydrogen-bond acceptors (Lipinski definition) is 8. The highest BCUT2D eigenvalue weighted by Crippen LogP contribution is 2.26. The number of nitrogens with one attached hydrogen (secondary N) is 4. The quantitative estimate of drug-likeness (QED) is 0.130. The summed E-state index contributed by atoms with van der Waals surface area (Å²) in [4.78, 5) is -1.26. The van der Waals surface area contributed by atoms with Crippen LogP contribution >= 0.6 is 0 Å². The Morgan fingerprint density at radius 1 is 0.333 bits per heavy atom. The Kier molecular flexibility index (Phi) is 9.55. The van der Waals surface area contributed by atoms with E-state index < -0.39 is 49.9 Å². The normalized spacial score (nSPS) is 12.2. The van der Waals surface area contributed by atoms with Crippen molar-refractivity contribution >= 4 is 62.8 Å². The van der Waals surface area contributed by atoms with Crippen molar-refractivity contribution in [2.24, 2.45) is 0 Å². The van der Waals surface area contributed by atoms with E-state index in [0.29, 0.717) is 11.4 Å². The molecule has 0 atom stereocenters. The first-order chi connectivity index (χ1) is 22.5. The maximum atomic E-state index is 13.3. The minimum Gasteiger partial charge on any atom is -0.280 e. The van der Waals surface area contributed by atoms with Crippen molar-refractivity contribution in [2.75, 3.05) is 18.9 Å². The second kappa shape index (κ2) is 13.3. The fourth-order valence-electron chi connectivity index (χ4n) is 4.36. The first-order valence-electron chi connectivity index (χ1n) is 14.1. The predicted molar refractivity (Wildman–Crippen MR) is 185 cm³/mol. The Bertz CT molecular complexity index is 2250. The van der Waals surface area contributed by atoms with E-state index in [1.165, 1.54) is 54.6 Å². The highest BCUT2D eigenvalue weighted by Gasteiger charge is 2.22. The minimum atomic E-state index is -4.40. The molecule has 12 nitrogen and oxygen atoms in total. The lowest BCUT2D eigenvalue weighted by Crippen LogP contribution is -2.17. The molecule has 4 N–H and O–H groups in total. The molecule has 16 heteroatoms. The summed E-state index contributed by atoms with van der Waals surface area (Å²) in [5.41, 5.74) is 2.37. The highest BCUT2D eigenvalue weighted by molar-refractivity contribution is 7.94. The molecule has 0 aliphatic heterocycles. The van der Waals surface area contributed by atoms with E-state index in [9.17, 15) is 33.7 Å². The molecular weight excluding hydrogens is 697 g/mol. The maximum Gasteiger partial charge on any atom is 0.261 e. The van der Waals surface area contributed by atoms with Crippen molar-refractivity contribution in [1.29, 1.82) is 0 Å². The molecule has 5 aromatic rings. The minimum absolute atomic E-state index is 0.0783. The van der Waals surface area contributed by atoms with Gasteiger partial charge in [-0.1, -0.05) is 53.6 Å². The number of aryl methyl sites for hydroxylation is 2. The average molecular weight is 727 g/mol. The van der Waals surface area contributed by atoms with Crippen LogP contribution in [0.2, 0.25) is 0 Å². The third-order valence-corrected chi connectivity index (χ3v) is 12.3. The van der Waals surface area contributed by atoms with Gasteiger partial charge in [-0.2, -0.15) is 0 Å². The van der Waals surface area contributed by atoms with Crippen LogP contribution in [0, 0.1) is 13.8 Å². The molecule has 48 heavy (non-hydrogen) atoms. The molecule has 0 spiro atoms. The molecule has 0 aromatic heterocycles. The molecule has 0 unspecified atom stereocenters. The smallest absolute Gasteiger partial charge is 0.261 e. The summed E-state index contributed by atoms with van der Waals surface area (Å²) in [5.74, 6) is 0. The van der Waals surface area contributed by atoms with Gasteiger partial charge in [0.05, 0.1) is 31.0 Å². The van der Waals surface area contributed by atoms with Gasteiger partial charge >= 0.3 is 0 Å². The largest absolute Gasteiger partial charge is 0.280 e. The topological polar surface area (TPSA) is 185 Å². The van der Waals surface area contributed by atoms with Gasteiger partial charge in [-0.05, 0) is 92.7 Å². The SMILES string of the molecule is Cc1ccc(NS(=O)(=O)c2cccc(NS(=O)(=O)c3cccc(S(=O)(=O)Nc4cccc(S(=O)(=O)Nc5ccc(C)cc5)c4)c3)c2)cc1. The van der Waals surface area contributed by atoms with Crippen LogP contribution in [0.1, 0.15) is 11.1 Å². The summed E-state index contributed by atoms with van der Waals surface area (Å²) in [6.07, 6.45) is 0. The van der Waals surface area contributed by atoms with Crippen LogP contribution < -0.4 is 18.9 Å². The van der Waals surface area contributed by atoms with E-state index in [0.717, 1.165) is 29.3 Å². The molecular formula is C32H30N4O8S4.